The third-order valence-corrected chi connectivity index (χ3v) is 6.59. The summed E-state index contributed by atoms with van der Waals surface area (Å²) in [5, 5.41) is 12.2. The van der Waals surface area contributed by atoms with Crippen LogP contribution in [0.1, 0.15) is 28.7 Å². The predicted octanol–water partition coefficient (Wildman–Crippen LogP) is 6.91. The van der Waals surface area contributed by atoms with Gasteiger partial charge >= 0.3 is 12.1 Å². The van der Waals surface area contributed by atoms with Crippen LogP contribution in [0.4, 0.5) is 4.79 Å². The Morgan fingerprint density at radius 3 is 2.08 bits per heavy atom. The van der Waals surface area contributed by atoms with Crippen molar-refractivity contribution in [1.29, 1.82) is 0 Å². The fourth-order valence-corrected chi connectivity index (χ4v) is 4.82. The fourth-order valence-electron chi connectivity index (χ4n) is 4.44. The normalized spacial score (nSPS) is 12.8. The Morgan fingerprint density at radius 1 is 0.833 bits per heavy atom. The summed E-state index contributed by atoms with van der Waals surface area (Å²) in [4.78, 5) is 24.6. The van der Waals surface area contributed by atoms with E-state index in [1.165, 1.54) is 0 Å². The van der Waals surface area contributed by atoms with Crippen LogP contribution in [0.25, 0.3) is 11.1 Å². The summed E-state index contributed by atoms with van der Waals surface area (Å²) in [7, 11) is 0. The van der Waals surface area contributed by atoms with Crippen molar-refractivity contribution < 1.29 is 24.2 Å². The number of fused-ring (bicyclic) bond motifs is 3. The number of halogens is 1. The molecule has 0 aliphatic heterocycles. The van der Waals surface area contributed by atoms with Crippen molar-refractivity contribution in [3.8, 4) is 22.6 Å². The minimum atomic E-state index is -1.26. The van der Waals surface area contributed by atoms with Gasteiger partial charge in [-0.25, -0.2) is 9.59 Å². The second-order valence-electron chi connectivity index (χ2n) is 8.37. The van der Waals surface area contributed by atoms with Crippen molar-refractivity contribution in [2.75, 3.05) is 6.61 Å². The number of hydrogen-bond donors (Lipinski definition) is 2. The number of amides is 1. The molecule has 0 saturated carbocycles. The van der Waals surface area contributed by atoms with Crippen LogP contribution in [0, 0.1) is 0 Å². The molecule has 0 fully saturated rings. The lowest BCUT2D eigenvalue weighted by Crippen LogP contribution is -2.34. The quantitative estimate of drug-likeness (QED) is 0.264. The Balaban J connectivity index is 1.25. The van der Waals surface area contributed by atoms with Crippen LogP contribution in [0.5, 0.6) is 11.5 Å². The Morgan fingerprint density at radius 2 is 1.47 bits per heavy atom. The average Bonchev–Trinajstić information content (AvgIpc) is 3.20. The van der Waals surface area contributed by atoms with E-state index >= 15 is 0 Å². The molecular formula is C29H22BrNO5. The Bertz CT molecular complexity index is 1370. The van der Waals surface area contributed by atoms with Gasteiger partial charge in [-0.1, -0.05) is 82.7 Å². The standard InChI is InChI=1S/C29H22BrNO5/c30-19-6-5-7-21(16-19)36-20-14-12-18(13-15-20)27(28(32)33)31-29(34)35-17-26-24-10-3-1-8-22(24)23-9-2-4-11-25(23)26/h1-16,26-27H,17H2,(H,31,34)(H,32,33). The molecule has 1 amide bonds. The second kappa shape index (κ2) is 10.3. The Hall–Kier alpha value is -4.10. The fraction of sp³-hybridized carbons (Fsp3) is 0.103. The van der Waals surface area contributed by atoms with Gasteiger partial charge in [-0.15, -0.1) is 0 Å². The Labute approximate surface area is 216 Å². The molecular weight excluding hydrogens is 522 g/mol. The molecule has 7 heteroatoms. The lowest BCUT2D eigenvalue weighted by atomic mass is 9.98. The zero-order chi connectivity index (χ0) is 25.1. The van der Waals surface area contributed by atoms with Crippen LogP contribution in [0.3, 0.4) is 0 Å². The first-order chi connectivity index (χ1) is 17.5. The number of nitrogens with one attached hydrogen (secondary N) is 1. The number of hydrogen-bond acceptors (Lipinski definition) is 4. The summed E-state index contributed by atoms with van der Waals surface area (Å²) < 4.78 is 12.2. The molecule has 2 N–H and O–H groups in total. The summed E-state index contributed by atoms with van der Waals surface area (Å²) in [6.45, 7) is 0.103. The molecule has 0 heterocycles. The monoisotopic (exact) mass is 543 g/mol. The number of aliphatic carboxylic acids is 1. The van der Waals surface area contributed by atoms with E-state index in [9.17, 15) is 14.7 Å². The highest BCUT2D eigenvalue weighted by atomic mass is 79.9. The van der Waals surface area contributed by atoms with Gasteiger partial charge in [-0.05, 0) is 58.1 Å². The molecule has 0 bridgehead atoms. The minimum absolute atomic E-state index is 0.103. The number of carbonyl (C=O) groups is 2. The minimum Gasteiger partial charge on any atom is -0.479 e. The molecule has 4 aromatic rings. The van der Waals surface area contributed by atoms with E-state index in [0.717, 1.165) is 26.7 Å². The van der Waals surface area contributed by atoms with E-state index in [2.05, 4.69) is 33.4 Å². The van der Waals surface area contributed by atoms with E-state index in [1.54, 1.807) is 24.3 Å². The lowest BCUT2D eigenvalue weighted by molar-refractivity contribution is -0.139. The van der Waals surface area contributed by atoms with Crippen molar-refractivity contribution in [2.24, 2.45) is 0 Å². The van der Waals surface area contributed by atoms with Crippen LogP contribution >= 0.6 is 15.9 Å². The Kier molecular flexibility index (Phi) is 6.73. The molecule has 1 atom stereocenters. The van der Waals surface area contributed by atoms with Gasteiger partial charge in [0.05, 0.1) is 0 Å². The molecule has 1 aliphatic rings. The van der Waals surface area contributed by atoms with Gasteiger partial charge in [0, 0.05) is 10.4 Å². The number of carbonyl (C=O) groups excluding carboxylic acids is 1. The number of carboxylic acid groups (broad SMARTS) is 1. The third kappa shape index (κ3) is 4.97. The highest BCUT2D eigenvalue weighted by molar-refractivity contribution is 9.10. The molecule has 0 saturated heterocycles. The summed E-state index contributed by atoms with van der Waals surface area (Å²) in [6, 6.07) is 28.7. The van der Waals surface area contributed by atoms with E-state index in [0.29, 0.717) is 17.1 Å². The molecule has 1 aliphatic carbocycles. The van der Waals surface area contributed by atoms with Crippen LogP contribution in [-0.2, 0) is 9.53 Å². The van der Waals surface area contributed by atoms with Crippen molar-refractivity contribution in [3.05, 3.63) is 118 Å². The van der Waals surface area contributed by atoms with Crippen LogP contribution < -0.4 is 10.1 Å². The maximum absolute atomic E-state index is 12.6. The van der Waals surface area contributed by atoms with Crippen LogP contribution in [0.2, 0.25) is 0 Å². The van der Waals surface area contributed by atoms with E-state index in [4.69, 9.17) is 9.47 Å². The van der Waals surface area contributed by atoms with Gasteiger partial charge in [-0.3, -0.25) is 0 Å². The third-order valence-electron chi connectivity index (χ3n) is 6.10. The number of rotatable bonds is 7. The SMILES string of the molecule is O=C(NC(C(=O)O)c1ccc(Oc2cccc(Br)c2)cc1)OCC1c2ccccc2-c2ccccc21. The van der Waals surface area contributed by atoms with Crippen molar-refractivity contribution in [2.45, 2.75) is 12.0 Å². The zero-order valence-corrected chi connectivity index (χ0v) is 20.6. The number of alkyl carbamates (subject to hydrolysis) is 1. The van der Waals surface area contributed by atoms with Crippen molar-refractivity contribution in [3.63, 3.8) is 0 Å². The van der Waals surface area contributed by atoms with E-state index in [-0.39, 0.29) is 12.5 Å². The first-order valence-electron chi connectivity index (χ1n) is 11.4. The second-order valence-corrected chi connectivity index (χ2v) is 9.29. The molecule has 0 aromatic heterocycles. The van der Waals surface area contributed by atoms with Crippen LogP contribution in [-0.4, -0.2) is 23.8 Å². The first-order valence-corrected chi connectivity index (χ1v) is 12.2. The maximum atomic E-state index is 12.6. The van der Waals surface area contributed by atoms with Gasteiger partial charge in [0.1, 0.15) is 18.1 Å². The topological polar surface area (TPSA) is 84.9 Å². The number of ether oxygens (including phenoxy) is 2. The molecule has 6 nitrogen and oxygen atoms in total. The lowest BCUT2D eigenvalue weighted by Gasteiger charge is -2.18. The van der Waals surface area contributed by atoms with Gasteiger partial charge in [0.25, 0.3) is 0 Å². The summed E-state index contributed by atoms with van der Waals surface area (Å²) in [6.07, 6.45) is -0.793. The van der Waals surface area contributed by atoms with Gasteiger partial charge in [0.2, 0.25) is 0 Å². The molecule has 1 unspecified atom stereocenters. The smallest absolute Gasteiger partial charge is 0.408 e. The van der Waals surface area contributed by atoms with Gasteiger partial charge in [0.15, 0.2) is 6.04 Å². The maximum Gasteiger partial charge on any atom is 0.408 e. The largest absolute Gasteiger partial charge is 0.479 e. The zero-order valence-electron chi connectivity index (χ0n) is 19.1. The summed E-state index contributed by atoms with van der Waals surface area (Å²) >= 11 is 3.40. The highest BCUT2D eigenvalue weighted by Crippen LogP contribution is 2.44. The van der Waals surface area contributed by atoms with Crippen molar-refractivity contribution in [1.82, 2.24) is 5.32 Å². The molecule has 4 aromatic carbocycles. The first kappa shape index (κ1) is 23.6. The molecule has 0 spiro atoms. The van der Waals surface area contributed by atoms with E-state index in [1.807, 2.05) is 60.7 Å². The predicted molar refractivity (Wildman–Crippen MR) is 139 cm³/mol. The molecule has 180 valence electrons. The molecule has 5 rings (SSSR count). The van der Waals surface area contributed by atoms with E-state index < -0.39 is 18.1 Å². The highest BCUT2D eigenvalue weighted by Gasteiger charge is 2.30. The average molecular weight is 544 g/mol. The van der Waals surface area contributed by atoms with Gasteiger partial charge in [-0.2, -0.15) is 0 Å². The molecule has 36 heavy (non-hydrogen) atoms. The van der Waals surface area contributed by atoms with Crippen LogP contribution in [0.15, 0.2) is 102 Å². The summed E-state index contributed by atoms with van der Waals surface area (Å²) in [5.74, 6) is -0.115. The molecule has 0 radical (unpaired) electrons. The number of carboxylic acids is 1. The van der Waals surface area contributed by atoms with Gasteiger partial charge < -0.3 is 19.9 Å². The van der Waals surface area contributed by atoms with Crippen molar-refractivity contribution >= 4 is 28.0 Å². The summed E-state index contributed by atoms with van der Waals surface area (Å²) in [5.41, 5.74) is 4.81. The number of benzene rings is 4.